The zero-order chi connectivity index (χ0) is 8.97. The molecule has 0 N–H and O–H groups in total. The second-order valence-corrected chi connectivity index (χ2v) is 5.28. The summed E-state index contributed by atoms with van der Waals surface area (Å²) >= 11 is 6.69. The van der Waals surface area contributed by atoms with Gasteiger partial charge in [0.05, 0.1) is 0 Å². The van der Waals surface area contributed by atoms with Gasteiger partial charge < -0.3 is 0 Å². The monoisotopic (exact) mass is 291 g/mol. The van der Waals surface area contributed by atoms with Crippen molar-refractivity contribution >= 4 is 32.3 Å². The highest BCUT2D eigenvalue weighted by molar-refractivity contribution is 9.21. The lowest BCUT2D eigenvalue weighted by molar-refractivity contribution is 0.574. The van der Waals surface area contributed by atoms with Crippen molar-refractivity contribution in [1.29, 1.82) is 0 Å². The van der Waals surface area contributed by atoms with E-state index in [1.54, 1.807) is 0 Å². The normalized spacial score (nSPS) is 13.3. The SMILES string of the molecule is C[C@H](Cc1ccccc1)N(Br)Br. The van der Waals surface area contributed by atoms with E-state index in [4.69, 9.17) is 0 Å². The molecule has 12 heavy (non-hydrogen) atoms. The van der Waals surface area contributed by atoms with E-state index in [0.29, 0.717) is 6.04 Å². The molecule has 0 bridgehead atoms. The van der Waals surface area contributed by atoms with E-state index in [1.165, 1.54) is 5.56 Å². The van der Waals surface area contributed by atoms with Crippen LogP contribution < -0.4 is 0 Å². The van der Waals surface area contributed by atoms with E-state index in [9.17, 15) is 0 Å². The van der Waals surface area contributed by atoms with Crippen molar-refractivity contribution in [2.75, 3.05) is 0 Å². The Morgan fingerprint density at radius 1 is 1.25 bits per heavy atom. The summed E-state index contributed by atoms with van der Waals surface area (Å²) in [4.78, 5) is 0. The Morgan fingerprint density at radius 2 is 1.83 bits per heavy atom. The molecule has 1 aromatic rings. The lowest BCUT2D eigenvalue weighted by Crippen LogP contribution is -2.16. The van der Waals surface area contributed by atoms with E-state index in [2.05, 4.69) is 63.5 Å². The van der Waals surface area contributed by atoms with Gasteiger partial charge in [-0.1, -0.05) is 30.3 Å². The summed E-state index contributed by atoms with van der Waals surface area (Å²) in [6, 6.07) is 10.9. The van der Waals surface area contributed by atoms with Crippen LogP contribution in [0.15, 0.2) is 30.3 Å². The average Bonchev–Trinajstić information content (AvgIpc) is 2.06. The van der Waals surface area contributed by atoms with Crippen molar-refractivity contribution in [2.45, 2.75) is 19.4 Å². The van der Waals surface area contributed by atoms with Gasteiger partial charge in [0.1, 0.15) is 0 Å². The van der Waals surface area contributed by atoms with Gasteiger partial charge in [-0.15, -0.1) is 0 Å². The smallest absolute Gasteiger partial charge is 0.0333 e. The van der Waals surface area contributed by atoms with Gasteiger partial charge in [0.25, 0.3) is 0 Å². The van der Waals surface area contributed by atoms with Gasteiger partial charge >= 0.3 is 0 Å². The number of benzene rings is 1. The van der Waals surface area contributed by atoms with Crippen LogP contribution in [-0.4, -0.2) is 8.99 Å². The second kappa shape index (κ2) is 5.00. The molecular formula is C9H11Br2N. The van der Waals surface area contributed by atoms with Crippen LogP contribution in [0.5, 0.6) is 0 Å². The molecule has 0 fully saturated rings. The molecule has 1 nitrogen and oxygen atoms in total. The topological polar surface area (TPSA) is 3.24 Å². The predicted octanol–water partition coefficient (Wildman–Crippen LogP) is 3.54. The van der Waals surface area contributed by atoms with Crippen LogP contribution in [0.4, 0.5) is 0 Å². The van der Waals surface area contributed by atoms with Crippen molar-refractivity contribution < 1.29 is 0 Å². The second-order valence-electron chi connectivity index (χ2n) is 2.80. The summed E-state index contributed by atoms with van der Waals surface area (Å²) < 4.78 is 1.87. The first kappa shape index (κ1) is 10.2. The molecule has 0 radical (unpaired) electrons. The predicted molar refractivity (Wildman–Crippen MR) is 59.3 cm³/mol. The summed E-state index contributed by atoms with van der Waals surface area (Å²) in [5, 5.41) is 0. The van der Waals surface area contributed by atoms with Gasteiger partial charge in [-0.25, -0.2) is 0 Å². The minimum absolute atomic E-state index is 0.451. The van der Waals surface area contributed by atoms with Crippen LogP contribution in [0, 0.1) is 0 Å². The van der Waals surface area contributed by atoms with Gasteiger partial charge in [-0.05, 0) is 18.9 Å². The van der Waals surface area contributed by atoms with Gasteiger partial charge in [0, 0.05) is 38.3 Å². The van der Waals surface area contributed by atoms with Gasteiger partial charge in [0.15, 0.2) is 0 Å². The van der Waals surface area contributed by atoms with Crippen LogP contribution >= 0.6 is 32.3 Å². The molecule has 0 aliphatic rings. The lowest BCUT2D eigenvalue weighted by Gasteiger charge is -2.14. The minimum atomic E-state index is 0.451. The number of hydrogen-bond acceptors (Lipinski definition) is 1. The highest BCUT2D eigenvalue weighted by Gasteiger charge is 2.07. The van der Waals surface area contributed by atoms with Crippen molar-refractivity contribution in [1.82, 2.24) is 2.95 Å². The third-order valence-electron chi connectivity index (χ3n) is 1.71. The standard InChI is InChI=1S/C9H11Br2N/c1-8(12(10)11)7-9-5-3-2-4-6-9/h2-6,8H,7H2,1H3/t8-/m1/s1. The highest BCUT2D eigenvalue weighted by Crippen LogP contribution is 2.15. The molecule has 0 spiro atoms. The Labute approximate surface area is 90.4 Å². The zero-order valence-corrected chi connectivity index (χ0v) is 10.0. The molecule has 1 atom stereocenters. The lowest BCUT2D eigenvalue weighted by atomic mass is 10.1. The number of hydrogen-bond donors (Lipinski definition) is 0. The van der Waals surface area contributed by atoms with E-state index in [1.807, 2.05) is 9.02 Å². The molecule has 0 heterocycles. The molecule has 1 aromatic carbocycles. The van der Waals surface area contributed by atoms with Gasteiger partial charge in [0.2, 0.25) is 0 Å². The van der Waals surface area contributed by atoms with Crippen molar-refractivity contribution in [2.24, 2.45) is 0 Å². The summed E-state index contributed by atoms with van der Waals surface area (Å²) in [5.41, 5.74) is 1.36. The molecule has 0 amide bonds. The summed E-state index contributed by atoms with van der Waals surface area (Å²) in [6.07, 6.45) is 1.04. The van der Waals surface area contributed by atoms with Crippen LogP contribution in [-0.2, 0) is 6.42 Å². The fourth-order valence-corrected chi connectivity index (χ4v) is 1.31. The number of rotatable bonds is 3. The average molecular weight is 293 g/mol. The van der Waals surface area contributed by atoms with Crippen LogP contribution in [0.25, 0.3) is 0 Å². The molecule has 1 rings (SSSR count). The molecule has 0 saturated heterocycles. The zero-order valence-electron chi connectivity index (χ0n) is 6.87. The van der Waals surface area contributed by atoms with E-state index in [-0.39, 0.29) is 0 Å². The highest BCUT2D eigenvalue weighted by atomic mass is 79.9. The third-order valence-corrected chi connectivity index (χ3v) is 3.11. The summed E-state index contributed by atoms with van der Waals surface area (Å²) in [7, 11) is 0. The fraction of sp³-hybridized carbons (Fsp3) is 0.333. The Kier molecular flexibility index (Phi) is 4.26. The Morgan fingerprint density at radius 3 is 2.33 bits per heavy atom. The third kappa shape index (κ3) is 3.25. The van der Waals surface area contributed by atoms with E-state index in [0.717, 1.165) is 6.42 Å². The maximum atomic E-state index is 3.35. The molecule has 0 aromatic heterocycles. The van der Waals surface area contributed by atoms with Crippen LogP contribution in [0.2, 0.25) is 0 Å². The maximum Gasteiger partial charge on any atom is 0.0333 e. The van der Waals surface area contributed by atoms with Gasteiger partial charge in [-0.3, -0.25) is 0 Å². The fourth-order valence-electron chi connectivity index (χ4n) is 1.02. The van der Waals surface area contributed by atoms with Crippen LogP contribution in [0.3, 0.4) is 0 Å². The Balaban J connectivity index is 2.53. The Hall–Kier alpha value is 0.140. The number of halogens is 2. The summed E-state index contributed by atoms with van der Waals surface area (Å²) in [5.74, 6) is 0. The van der Waals surface area contributed by atoms with Crippen molar-refractivity contribution in [3.8, 4) is 0 Å². The molecule has 0 aliphatic heterocycles. The van der Waals surface area contributed by atoms with Crippen molar-refractivity contribution in [3.05, 3.63) is 35.9 Å². The first-order chi connectivity index (χ1) is 5.70. The maximum absolute atomic E-state index is 3.35. The van der Waals surface area contributed by atoms with Gasteiger partial charge in [-0.2, -0.15) is 2.95 Å². The largest absolute Gasteiger partial charge is 0.175 e. The first-order valence-corrected chi connectivity index (χ1v) is 5.26. The molecule has 0 unspecified atom stereocenters. The molecular weight excluding hydrogens is 282 g/mol. The first-order valence-electron chi connectivity index (χ1n) is 3.85. The van der Waals surface area contributed by atoms with Crippen molar-refractivity contribution in [3.63, 3.8) is 0 Å². The molecule has 0 saturated carbocycles. The molecule has 0 aliphatic carbocycles. The van der Waals surface area contributed by atoms with E-state index >= 15 is 0 Å². The molecule has 66 valence electrons. The quantitative estimate of drug-likeness (QED) is 0.770. The summed E-state index contributed by atoms with van der Waals surface area (Å²) in [6.45, 7) is 2.15. The van der Waals surface area contributed by atoms with Crippen LogP contribution in [0.1, 0.15) is 12.5 Å². The van der Waals surface area contributed by atoms with E-state index < -0.39 is 0 Å². The minimum Gasteiger partial charge on any atom is -0.175 e. The molecule has 3 heteroatoms. The Bertz CT molecular complexity index is 223. The number of nitrogens with zero attached hydrogens (tertiary/aromatic N) is 1.